The Kier molecular flexibility index (Phi) is 8.35. The highest BCUT2D eigenvalue weighted by molar-refractivity contribution is 6.32. The van der Waals surface area contributed by atoms with Crippen molar-refractivity contribution < 1.29 is 28.7 Å². The minimum absolute atomic E-state index is 0.0163. The molecule has 0 spiro atoms. The number of ether oxygens (including phenoxy) is 3. The summed E-state index contributed by atoms with van der Waals surface area (Å²) in [5, 5.41) is 15.1. The summed E-state index contributed by atoms with van der Waals surface area (Å²) in [6.45, 7) is 1.78. The number of nitrogens with one attached hydrogen (secondary N) is 1. The van der Waals surface area contributed by atoms with Gasteiger partial charge in [0.05, 0.1) is 24.7 Å². The Hall–Kier alpha value is -3.85. The number of methoxy groups -OCH3 is 2. The molecule has 1 N–H and O–H groups in total. The van der Waals surface area contributed by atoms with Crippen molar-refractivity contribution in [1.82, 2.24) is 5.32 Å². The highest BCUT2D eigenvalue weighted by Gasteiger charge is 2.42. The van der Waals surface area contributed by atoms with Gasteiger partial charge in [-0.15, -0.1) is 0 Å². The summed E-state index contributed by atoms with van der Waals surface area (Å²) in [4.78, 5) is 38.8. The maximum absolute atomic E-state index is 13.9. The van der Waals surface area contributed by atoms with Crippen LogP contribution in [0.5, 0.6) is 11.5 Å². The number of Topliss-reactive ketones (excluding diaryl/α,β-unsaturated/α-hetero) is 1. The minimum Gasteiger partial charge on any atom is -0.493 e. The number of carbonyl (C=O) groups is 2. The van der Waals surface area contributed by atoms with Crippen LogP contribution in [0.2, 0.25) is 5.02 Å². The van der Waals surface area contributed by atoms with Gasteiger partial charge in [0.15, 0.2) is 17.3 Å². The molecule has 2 atom stereocenters. The number of rotatable bonds is 7. The van der Waals surface area contributed by atoms with E-state index in [0.29, 0.717) is 46.0 Å². The third kappa shape index (κ3) is 5.68. The van der Waals surface area contributed by atoms with Crippen LogP contribution in [0.25, 0.3) is 0 Å². The largest absolute Gasteiger partial charge is 0.493 e. The third-order valence-corrected chi connectivity index (χ3v) is 8.57. The van der Waals surface area contributed by atoms with E-state index in [1.54, 1.807) is 27.2 Å². The number of halogens is 1. The molecular weight excluding hydrogens is 548 g/mol. The fourth-order valence-electron chi connectivity index (χ4n) is 6.23. The Morgan fingerprint density at radius 1 is 1.00 bits per heavy atom. The predicted octanol–water partition coefficient (Wildman–Crippen LogP) is 6.50. The summed E-state index contributed by atoms with van der Waals surface area (Å²) in [6.07, 6.45) is 5.20. The first-order valence-corrected chi connectivity index (χ1v) is 14.2. The lowest BCUT2D eigenvalue weighted by Crippen LogP contribution is -2.37. The normalized spacial score (nSPS) is 21.2. The second-order valence-electron chi connectivity index (χ2n) is 10.8. The molecule has 216 valence electrons. The van der Waals surface area contributed by atoms with Crippen molar-refractivity contribution in [2.75, 3.05) is 14.2 Å². The van der Waals surface area contributed by atoms with Gasteiger partial charge in [-0.25, -0.2) is 4.79 Å². The van der Waals surface area contributed by atoms with Crippen LogP contribution < -0.4 is 14.8 Å². The lowest BCUT2D eigenvalue weighted by Gasteiger charge is -2.37. The van der Waals surface area contributed by atoms with Gasteiger partial charge in [0.2, 0.25) is 0 Å². The predicted molar refractivity (Wildman–Crippen MR) is 153 cm³/mol. The Balaban J connectivity index is 1.56. The fraction of sp³-hybridized carbons (Fsp3) is 0.419. The van der Waals surface area contributed by atoms with Crippen LogP contribution in [0.4, 0.5) is 5.69 Å². The van der Waals surface area contributed by atoms with E-state index < -0.39 is 16.8 Å². The van der Waals surface area contributed by atoms with Gasteiger partial charge in [0, 0.05) is 35.4 Å². The average Bonchev–Trinajstić information content (AvgIpc) is 2.96. The standard InChI is InChI=1S/C31H33ClN2O7/c1-17-28(31(36)41-21-7-5-4-6-8-21)29(19-9-11-22(32)24(14-19)34(37)38)30-23(33-17)13-20(15-25(30)35)18-10-12-26(39-2)27(16-18)40-3/h9-12,14,16,20-21,29,33H,4-8,13,15H2,1-3H3. The monoisotopic (exact) mass is 580 g/mol. The van der Waals surface area contributed by atoms with Gasteiger partial charge in [-0.1, -0.05) is 30.2 Å². The molecule has 41 heavy (non-hydrogen) atoms. The Labute approximate surface area is 243 Å². The van der Waals surface area contributed by atoms with E-state index in [2.05, 4.69) is 5.32 Å². The van der Waals surface area contributed by atoms with Crippen molar-refractivity contribution in [2.24, 2.45) is 0 Å². The molecule has 0 bridgehead atoms. The number of dihydropyridines is 1. The zero-order valence-electron chi connectivity index (χ0n) is 23.3. The molecule has 0 amide bonds. The van der Waals surface area contributed by atoms with Crippen LogP contribution in [0.15, 0.2) is 58.9 Å². The van der Waals surface area contributed by atoms with Crippen LogP contribution in [-0.2, 0) is 14.3 Å². The van der Waals surface area contributed by atoms with E-state index in [9.17, 15) is 19.7 Å². The molecule has 0 saturated heterocycles. The Morgan fingerprint density at radius 3 is 2.39 bits per heavy atom. The molecule has 1 aliphatic heterocycles. The molecule has 9 nitrogen and oxygen atoms in total. The zero-order chi connectivity index (χ0) is 29.3. The number of ketones is 1. The lowest BCUT2D eigenvalue weighted by molar-refractivity contribution is -0.384. The van der Waals surface area contributed by atoms with E-state index in [1.165, 1.54) is 12.1 Å². The molecule has 1 saturated carbocycles. The molecule has 5 rings (SSSR count). The zero-order valence-corrected chi connectivity index (χ0v) is 24.1. The summed E-state index contributed by atoms with van der Waals surface area (Å²) < 4.78 is 16.8. The lowest BCUT2D eigenvalue weighted by atomic mass is 9.71. The number of carbonyl (C=O) groups excluding carboxylic acids is 2. The van der Waals surface area contributed by atoms with Gasteiger partial charge >= 0.3 is 5.97 Å². The van der Waals surface area contributed by atoms with E-state index in [1.807, 2.05) is 18.2 Å². The smallest absolute Gasteiger partial charge is 0.337 e. The first kappa shape index (κ1) is 28.7. The van der Waals surface area contributed by atoms with Crippen LogP contribution in [-0.4, -0.2) is 37.0 Å². The van der Waals surface area contributed by atoms with E-state index in [4.69, 9.17) is 25.8 Å². The SMILES string of the molecule is COc1ccc(C2CC(=O)C3=C(C2)NC(C)=C(C(=O)OC2CCCCC2)C3c2ccc(Cl)c([N+](=O)[O-])c2)cc1OC. The summed E-state index contributed by atoms with van der Waals surface area (Å²) in [6, 6.07) is 10.1. The van der Waals surface area contributed by atoms with Crippen molar-refractivity contribution >= 4 is 29.0 Å². The molecule has 0 radical (unpaired) electrons. The van der Waals surface area contributed by atoms with Crippen molar-refractivity contribution in [1.29, 1.82) is 0 Å². The van der Waals surface area contributed by atoms with Gasteiger partial charge in [0.25, 0.3) is 5.69 Å². The van der Waals surface area contributed by atoms with Crippen LogP contribution in [0, 0.1) is 10.1 Å². The van der Waals surface area contributed by atoms with E-state index >= 15 is 0 Å². The van der Waals surface area contributed by atoms with E-state index in [0.717, 1.165) is 37.7 Å². The summed E-state index contributed by atoms with van der Waals surface area (Å²) in [5.74, 6) is -0.445. The number of esters is 1. The number of nitro groups is 1. The van der Waals surface area contributed by atoms with Crippen LogP contribution >= 0.6 is 11.6 Å². The maximum Gasteiger partial charge on any atom is 0.337 e. The average molecular weight is 581 g/mol. The first-order chi connectivity index (χ1) is 19.7. The maximum atomic E-state index is 13.9. The highest BCUT2D eigenvalue weighted by Crippen LogP contribution is 2.47. The number of hydrogen-bond acceptors (Lipinski definition) is 8. The van der Waals surface area contributed by atoms with Crippen LogP contribution in [0.3, 0.4) is 0 Å². The first-order valence-electron chi connectivity index (χ1n) is 13.8. The molecule has 2 aromatic carbocycles. The van der Waals surface area contributed by atoms with E-state index in [-0.39, 0.29) is 34.9 Å². The van der Waals surface area contributed by atoms with Gasteiger partial charge in [-0.2, -0.15) is 0 Å². The number of hydrogen-bond donors (Lipinski definition) is 1. The molecule has 10 heteroatoms. The van der Waals surface area contributed by atoms with Crippen molar-refractivity contribution in [3.05, 3.63) is 85.2 Å². The summed E-state index contributed by atoms with van der Waals surface area (Å²) in [5.41, 5.74) is 3.07. The second-order valence-corrected chi connectivity index (χ2v) is 11.2. The van der Waals surface area contributed by atoms with Crippen molar-refractivity contribution in [3.8, 4) is 11.5 Å². The van der Waals surface area contributed by atoms with Gasteiger partial charge in [0.1, 0.15) is 11.1 Å². The molecule has 3 aliphatic rings. The van der Waals surface area contributed by atoms with Crippen molar-refractivity contribution in [3.63, 3.8) is 0 Å². The minimum atomic E-state index is -0.822. The fourth-order valence-corrected chi connectivity index (χ4v) is 6.42. The number of benzene rings is 2. The topological polar surface area (TPSA) is 117 Å². The molecular formula is C31H33ClN2O7. The second kappa shape index (κ2) is 11.9. The Morgan fingerprint density at radius 2 is 1.71 bits per heavy atom. The molecule has 1 heterocycles. The highest BCUT2D eigenvalue weighted by atomic mass is 35.5. The van der Waals surface area contributed by atoms with Crippen LogP contribution in [0.1, 0.15) is 74.8 Å². The molecule has 2 unspecified atom stereocenters. The number of allylic oxidation sites excluding steroid dienone is 3. The van der Waals surface area contributed by atoms with Crippen molar-refractivity contribution in [2.45, 2.75) is 69.8 Å². The molecule has 0 aromatic heterocycles. The number of nitrogens with zero attached hydrogens (tertiary/aromatic N) is 1. The summed E-state index contributed by atoms with van der Waals surface area (Å²) in [7, 11) is 3.13. The summed E-state index contributed by atoms with van der Waals surface area (Å²) >= 11 is 6.13. The third-order valence-electron chi connectivity index (χ3n) is 8.25. The van der Waals surface area contributed by atoms with Gasteiger partial charge in [-0.05, 0) is 74.3 Å². The van der Waals surface area contributed by atoms with Gasteiger partial charge in [-0.3, -0.25) is 14.9 Å². The molecule has 2 aromatic rings. The van der Waals surface area contributed by atoms with Gasteiger partial charge < -0.3 is 19.5 Å². The molecule has 2 aliphatic carbocycles. The number of nitro benzene ring substituents is 1. The Bertz CT molecular complexity index is 1460. The molecule has 1 fully saturated rings. The quantitative estimate of drug-likeness (QED) is 0.224.